The van der Waals surface area contributed by atoms with Crippen LogP contribution >= 0.6 is 11.6 Å². The molecule has 7 heteroatoms. The van der Waals surface area contributed by atoms with Crippen LogP contribution in [-0.4, -0.2) is 25.1 Å². The molecule has 3 aromatic carbocycles. The van der Waals surface area contributed by atoms with E-state index >= 15 is 0 Å². The molecule has 1 amide bonds. The Bertz CT molecular complexity index is 1230. The Kier molecular flexibility index (Phi) is 5.33. The number of amides is 1. The number of rotatable bonds is 5. The molecule has 0 atom stereocenters. The number of methoxy groups -OCH3 is 2. The van der Waals surface area contributed by atoms with Crippen LogP contribution in [0, 0.1) is 6.92 Å². The summed E-state index contributed by atoms with van der Waals surface area (Å²) in [5, 5.41) is 3.21. The fourth-order valence-corrected chi connectivity index (χ4v) is 3.33. The molecule has 1 aromatic heterocycles. The first-order valence-corrected chi connectivity index (χ1v) is 9.57. The zero-order chi connectivity index (χ0) is 21.3. The molecular weight excluding hydrogens is 404 g/mol. The van der Waals surface area contributed by atoms with E-state index in [1.54, 1.807) is 36.4 Å². The van der Waals surface area contributed by atoms with Crippen molar-refractivity contribution in [1.29, 1.82) is 0 Å². The predicted octanol–water partition coefficient (Wildman–Crippen LogP) is 5.73. The van der Waals surface area contributed by atoms with E-state index in [4.69, 9.17) is 25.5 Å². The molecule has 152 valence electrons. The average Bonchev–Trinajstić information content (AvgIpc) is 3.17. The van der Waals surface area contributed by atoms with Crippen molar-refractivity contribution in [2.24, 2.45) is 0 Å². The summed E-state index contributed by atoms with van der Waals surface area (Å²) in [5.41, 5.74) is 3.93. The molecule has 1 N–H and O–H groups in total. The first-order valence-electron chi connectivity index (χ1n) is 9.19. The monoisotopic (exact) mass is 422 g/mol. The number of oxazole rings is 1. The van der Waals surface area contributed by atoms with Crippen LogP contribution in [0.4, 0.5) is 5.69 Å². The molecule has 0 aliphatic carbocycles. The predicted molar refractivity (Wildman–Crippen MR) is 117 cm³/mol. The van der Waals surface area contributed by atoms with Crippen molar-refractivity contribution >= 4 is 34.3 Å². The number of carbonyl (C=O) groups is 1. The van der Waals surface area contributed by atoms with Crippen molar-refractivity contribution in [3.63, 3.8) is 0 Å². The van der Waals surface area contributed by atoms with Gasteiger partial charge in [0.05, 0.1) is 24.9 Å². The maximum atomic E-state index is 13.0. The number of ether oxygens (including phenoxy) is 2. The van der Waals surface area contributed by atoms with Crippen LogP contribution in [-0.2, 0) is 0 Å². The lowest BCUT2D eigenvalue weighted by atomic mass is 10.1. The molecule has 0 aliphatic rings. The molecule has 1 heterocycles. The van der Waals surface area contributed by atoms with E-state index in [9.17, 15) is 4.79 Å². The number of carbonyl (C=O) groups excluding carboxylic acids is 1. The molecule has 0 fully saturated rings. The highest BCUT2D eigenvalue weighted by atomic mass is 35.5. The minimum Gasteiger partial charge on any atom is -0.496 e. The summed E-state index contributed by atoms with van der Waals surface area (Å²) in [6.07, 6.45) is 0. The van der Waals surface area contributed by atoms with Crippen LogP contribution in [0.3, 0.4) is 0 Å². The number of anilines is 1. The Morgan fingerprint density at radius 2 is 1.77 bits per heavy atom. The Morgan fingerprint density at radius 3 is 2.47 bits per heavy atom. The smallest absolute Gasteiger partial charge is 0.263 e. The van der Waals surface area contributed by atoms with E-state index in [1.165, 1.54) is 14.2 Å². The molecular formula is C23H19ClN2O4. The summed E-state index contributed by atoms with van der Waals surface area (Å²) in [6, 6.07) is 16.1. The summed E-state index contributed by atoms with van der Waals surface area (Å²) < 4.78 is 16.5. The van der Waals surface area contributed by atoms with Gasteiger partial charge in [0.1, 0.15) is 22.6 Å². The number of fused-ring (bicyclic) bond motifs is 1. The Labute approximate surface area is 178 Å². The van der Waals surface area contributed by atoms with Gasteiger partial charge >= 0.3 is 0 Å². The third-order valence-corrected chi connectivity index (χ3v) is 4.99. The molecule has 0 unspecified atom stereocenters. The second kappa shape index (κ2) is 8.08. The summed E-state index contributed by atoms with van der Waals surface area (Å²) in [6.45, 7) is 1.99. The molecule has 0 saturated carbocycles. The van der Waals surface area contributed by atoms with E-state index in [2.05, 4.69) is 10.3 Å². The van der Waals surface area contributed by atoms with Crippen molar-refractivity contribution in [3.05, 3.63) is 70.7 Å². The maximum absolute atomic E-state index is 13.0. The first kappa shape index (κ1) is 19.8. The summed E-state index contributed by atoms with van der Waals surface area (Å²) in [5.74, 6) is 0.830. The molecule has 6 nitrogen and oxygen atoms in total. The van der Waals surface area contributed by atoms with Gasteiger partial charge in [0.2, 0.25) is 5.89 Å². The Hall–Kier alpha value is -3.51. The fourth-order valence-electron chi connectivity index (χ4n) is 3.17. The quantitative estimate of drug-likeness (QED) is 0.444. The van der Waals surface area contributed by atoms with Gasteiger partial charge in [0, 0.05) is 5.56 Å². The van der Waals surface area contributed by atoms with Crippen molar-refractivity contribution in [2.45, 2.75) is 6.92 Å². The topological polar surface area (TPSA) is 73.6 Å². The lowest BCUT2D eigenvalue weighted by Crippen LogP contribution is -2.15. The lowest BCUT2D eigenvalue weighted by Gasteiger charge is -2.14. The molecule has 4 rings (SSSR count). The zero-order valence-electron chi connectivity index (χ0n) is 16.7. The zero-order valence-corrected chi connectivity index (χ0v) is 17.4. The normalized spacial score (nSPS) is 10.8. The van der Waals surface area contributed by atoms with Gasteiger partial charge in [-0.3, -0.25) is 4.79 Å². The number of nitrogens with one attached hydrogen (secondary N) is 1. The maximum Gasteiger partial charge on any atom is 0.263 e. The van der Waals surface area contributed by atoms with Crippen molar-refractivity contribution in [3.8, 4) is 23.0 Å². The van der Waals surface area contributed by atoms with Gasteiger partial charge in [-0.15, -0.1) is 0 Å². The molecule has 4 aromatic rings. The van der Waals surface area contributed by atoms with Crippen LogP contribution in [0.25, 0.3) is 22.6 Å². The van der Waals surface area contributed by atoms with Gasteiger partial charge in [0.15, 0.2) is 5.58 Å². The van der Waals surface area contributed by atoms with Gasteiger partial charge in [-0.25, -0.2) is 4.98 Å². The SMILES string of the molecule is COc1cccc(OC)c1C(=O)Nc1cc(-c2nc3ccc(C)cc3o2)ccc1Cl. The van der Waals surface area contributed by atoms with Gasteiger partial charge in [0.25, 0.3) is 5.91 Å². The molecule has 30 heavy (non-hydrogen) atoms. The second-order valence-corrected chi connectivity index (χ2v) is 7.08. The summed E-state index contributed by atoms with van der Waals surface area (Å²) in [7, 11) is 2.99. The third-order valence-electron chi connectivity index (χ3n) is 4.66. The van der Waals surface area contributed by atoms with Crippen molar-refractivity contribution in [2.75, 3.05) is 19.5 Å². The molecule has 0 spiro atoms. The van der Waals surface area contributed by atoms with Crippen LogP contribution in [0.15, 0.2) is 59.0 Å². The van der Waals surface area contributed by atoms with Crippen LogP contribution in [0.5, 0.6) is 11.5 Å². The lowest BCUT2D eigenvalue weighted by molar-refractivity contribution is 0.102. The molecule has 0 bridgehead atoms. The minimum atomic E-state index is -0.406. The first-order chi connectivity index (χ1) is 14.5. The summed E-state index contributed by atoms with van der Waals surface area (Å²) >= 11 is 6.33. The van der Waals surface area contributed by atoms with Gasteiger partial charge in [-0.1, -0.05) is 23.7 Å². The number of nitrogens with zero attached hydrogens (tertiary/aromatic N) is 1. The molecule has 0 radical (unpaired) electrons. The van der Waals surface area contributed by atoms with Crippen molar-refractivity contribution < 1.29 is 18.7 Å². The van der Waals surface area contributed by atoms with Crippen LogP contribution < -0.4 is 14.8 Å². The van der Waals surface area contributed by atoms with Crippen LogP contribution in [0.1, 0.15) is 15.9 Å². The largest absolute Gasteiger partial charge is 0.496 e. The minimum absolute atomic E-state index is 0.279. The number of aryl methyl sites for hydroxylation is 1. The average molecular weight is 423 g/mol. The van der Waals surface area contributed by atoms with Gasteiger partial charge in [-0.2, -0.15) is 0 Å². The third kappa shape index (κ3) is 3.69. The van der Waals surface area contributed by atoms with E-state index in [0.29, 0.717) is 39.2 Å². The van der Waals surface area contributed by atoms with E-state index in [0.717, 1.165) is 11.1 Å². The second-order valence-electron chi connectivity index (χ2n) is 6.68. The number of aromatic nitrogens is 1. The van der Waals surface area contributed by atoms with Gasteiger partial charge in [-0.05, 0) is 55.0 Å². The van der Waals surface area contributed by atoms with Crippen LogP contribution in [0.2, 0.25) is 5.02 Å². The van der Waals surface area contributed by atoms with E-state index < -0.39 is 5.91 Å². The number of benzene rings is 3. The van der Waals surface area contributed by atoms with Crippen molar-refractivity contribution in [1.82, 2.24) is 4.98 Å². The Morgan fingerprint density at radius 1 is 1.03 bits per heavy atom. The molecule has 0 saturated heterocycles. The number of hydrogen-bond donors (Lipinski definition) is 1. The van der Waals surface area contributed by atoms with Gasteiger partial charge < -0.3 is 19.2 Å². The van der Waals surface area contributed by atoms with E-state index in [-0.39, 0.29) is 5.56 Å². The molecule has 0 aliphatic heterocycles. The highest BCUT2D eigenvalue weighted by Gasteiger charge is 2.20. The number of hydrogen-bond acceptors (Lipinski definition) is 5. The highest BCUT2D eigenvalue weighted by molar-refractivity contribution is 6.34. The highest BCUT2D eigenvalue weighted by Crippen LogP contribution is 2.33. The Balaban J connectivity index is 1.70. The van der Waals surface area contributed by atoms with E-state index in [1.807, 2.05) is 25.1 Å². The standard InChI is InChI=1S/C23H19ClN2O4/c1-13-7-10-16-20(11-13)30-23(26-16)14-8-9-15(24)17(12-14)25-22(27)21-18(28-2)5-4-6-19(21)29-3/h4-12H,1-3H3,(H,25,27). The fraction of sp³-hybridized carbons (Fsp3) is 0.130. The summed E-state index contributed by atoms with van der Waals surface area (Å²) in [4.78, 5) is 17.5. The number of halogens is 1.